The van der Waals surface area contributed by atoms with E-state index in [0.717, 1.165) is 42.7 Å². The molecule has 1 saturated carbocycles. The van der Waals surface area contributed by atoms with Crippen LogP contribution in [-0.2, 0) is 18.4 Å². The zero-order valence-corrected chi connectivity index (χ0v) is 19.8. The van der Waals surface area contributed by atoms with Crippen molar-refractivity contribution in [2.24, 2.45) is 24.3 Å². The number of imidazole rings is 1. The van der Waals surface area contributed by atoms with Gasteiger partial charge in [-0.3, -0.25) is 4.79 Å². The Hall–Kier alpha value is -2.59. The van der Waals surface area contributed by atoms with Gasteiger partial charge >= 0.3 is 5.97 Å². The number of carbonyl (C=O) groups excluding carboxylic acids is 1. The molecule has 0 saturated heterocycles. The fraction of sp³-hybridized carbons (Fsp3) is 0.542. The van der Waals surface area contributed by atoms with Gasteiger partial charge in [-0.05, 0) is 58.4 Å². The molecule has 3 rings (SSSR count). The molecule has 2 aromatic heterocycles. The van der Waals surface area contributed by atoms with Crippen molar-refractivity contribution in [3.05, 3.63) is 34.0 Å². The summed E-state index contributed by atoms with van der Waals surface area (Å²) < 4.78 is 1.86. The summed E-state index contributed by atoms with van der Waals surface area (Å²) in [5.41, 5.74) is 1.08. The van der Waals surface area contributed by atoms with Gasteiger partial charge in [0.15, 0.2) is 0 Å². The predicted molar refractivity (Wildman–Crippen MR) is 123 cm³/mol. The van der Waals surface area contributed by atoms with E-state index < -0.39 is 5.97 Å². The smallest absolute Gasteiger partial charge is 0.348 e. The van der Waals surface area contributed by atoms with E-state index in [1.54, 1.807) is 23.5 Å². The third-order valence-electron chi connectivity index (χ3n) is 5.63. The van der Waals surface area contributed by atoms with Crippen LogP contribution in [0, 0.1) is 29.1 Å². The van der Waals surface area contributed by atoms with E-state index in [1.807, 2.05) is 32.4 Å². The molecule has 0 aliphatic heterocycles. The summed E-state index contributed by atoms with van der Waals surface area (Å²) >= 11 is 1.13. The molecule has 7 heteroatoms. The summed E-state index contributed by atoms with van der Waals surface area (Å²) in [6, 6.07) is 1.76. The van der Waals surface area contributed by atoms with Crippen molar-refractivity contribution in [3.63, 3.8) is 0 Å². The van der Waals surface area contributed by atoms with Crippen LogP contribution in [0.4, 0.5) is 5.69 Å². The molecular weight excluding hydrogens is 410 g/mol. The molecule has 1 N–H and O–H groups in total. The predicted octanol–water partition coefficient (Wildman–Crippen LogP) is 4.94. The molecule has 31 heavy (non-hydrogen) atoms. The van der Waals surface area contributed by atoms with E-state index in [4.69, 9.17) is 0 Å². The number of aromatic nitrogens is 2. The maximum Gasteiger partial charge on any atom is 0.348 e. The Labute approximate surface area is 188 Å². The Morgan fingerprint density at radius 3 is 2.52 bits per heavy atom. The quantitative estimate of drug-likeness (QED) is 0.667. The second-order valence-corrected chi connectivity index (χ2v) is 10.6. The fourth-order valence-corrected chi connectivity index (χ4v) is 4.61. The van der Waals surface area contributed by atoms with Crippen molar-refractivity contribution in [2.45, 2.75) is 59.9 Å². The van der Waals surface area contributed by atoms with Crippen molar-refractivity contribution >= 4 is 28.9 Å². The highest BCUT2D eigenvalue weighted by molar-refractivity contribution is 7.15. The summed E-state index contributed by atoms with van der Waals surface area (Å²) in [4.78, 5) is 32.3. The maximum atomic E-state index is 13.6. The highest BCUT2D eigenvalue weighted by Crippen LogP contribution is 2.36. The van der Waals surface area contributed by atoms with Crippen LogP contribution < -0.4 is 4.90 Å². The average Bonchev–Trinajstić information content (AvgIpc) is 3.30. The van der Waals surface area contributed by atoms with Crippen LogP contribution in [0.2, 0.25) is 0 Å². The SMILES string of the molecule is Cn1cncc1CN(c1cc(C#CC(C)(C)C)sc1C(=O)O)C(=O)[C@H]1CC[C@@H](C)CC1. The number of carboxylic acid groups (broad SMARTS) is 1. The molecular formula is C24H31N3O3S. The number of nitrogens with zero attached hydrogens (tertiary/aromatic N) is 3. The lowest BCUT2D eigenvalue weighted by Crippen LogP contribution is -2.38. The number of carboxylic acids is 1. The van der Waals surface area contributed by atoms with Gasteiger partial charge in [0, 0.05) is 24.6 Å². The van der Waals surface area contributed by atoms with Crippen LogP contribution in [0.1, 0.15) is 73.6 Å². The van der Waals surface area contributed by atoms with Crippen LogP contribution >= 0.6 is 11.3 Å². The third kappa shape index (κ3) is 5.76. The molecule has 1 amide bonds. The maximum absolute atomic E-state index is 13.6. The van der Waals surface area contributed by atoms with Crippen LogP contribution in [0.3, 0.4) is 0 Å². The molecule has 2 aromatic rings. The van der Waals surface area contributed by atoms with Gasteiger partial charge in [-0.25, -0.2) is 9.78 Å². The standard InChI is InChI=1S/C24H31N3O3S/c1-16-6-8-17(9-7-16)22(28)27(14-18-13-25-15-26(18)5)20-12-19(10-11-24(2,3)4)31-21(20)23(29)30/h12-13,15-17H,6-9,14H2,1-5H3,(H,29,30)/t16-,17+. The number of aromatic carboxylic acids is 1. The number of carbonyl (C=O) groups is 2. The number of thiophene rings is 1. The highest BCUT2D eigenvalue weighted by Gasteiger charge is 2.32. The van der Waals surface area contributed by atoms with Crippen LogP contribution in [0.5, 0.6) is 0 Å². The van der Waals surface area contributed by atoms with Gasteiger partial charge in [0.1, 0.15) is 4.88 Å². The van der Waals surface area contributed by atoms with Gasteiger partial charge in [0.05, 0.1) is 29.1 Å². The molecule has 1 aliphatic carbocycles. The molecule has 0 atom stereocenters. The molecule has 6 nitrogen and oxygen atoms in total. The lowest BCUT2D eigenvalue weighted by molar-refractivity contribution is -0.123. The summed E-state index contributed by atoms with van der Waals surface area (Å²) in [6.07, 6.45) is 7.13. The van der Waals surface area contributed by atoms with Crippen molar-refractivity contribution in [3.8, 4) is 11.8 Å². The summed E-state index contributed by atoms with van der Waals surface area (Å²) in [6.45, 7) is 8.53. The number of aryl methyl sites for hydroxylation is 1. The molecule has 1 aliphatic rings. The van der Waals surface area contributed by atoms with Crippen molar-refractivity contribution in [1.29, 1.82) is 0 Å². The van der Waals surface area contributed by atoms with Crippen molar-refractivity contribution in [1.82, 2.24) is 9.55 Å². The van der Waals surface area contributed by atoms with E-state index in [1.165, 1.54) is 0 Å². The van der Waals surface area contributed by atoms with E-state index in [2.05, 4.69) is 23.7 Å². The first-order chi connectivity index (χ1) is 14.5. The van der Waals surface area contributed by atoms with Gasteiger partial charge in [-0.15, -0.1) is 11.3 Å². The molecule has 1 fully saturated rings. The average molecular weight is 442 g/mol. The third-order valence-corrected chi connectivity index (χ3v) is 6.65. The van der Waals surface area contributed by atoms with E-state index in [-0.39, 0.29) is 28.7 Å². The normalized spacial score (nSPS) is 18.9. The monoisotopic (exact) mass is 441 g/mol. The highest BCUT2D eigenvalue weighted by atomic mass is 32.1. The Bertz CT molecular complexity index is 1010. The van der Waals surface area contributed by atoms with E-state index in [0.29, 0.717) is 16.5 Å². The van der Waals surface area contributed by atoms with Gasteiger partial charge in [-0.2, -0.15) is 0 Å². The molecule has 2 heterocycles. The second kappa shape index (κ2) is 9.27. The summed E-state index contributed by atoms with van der Waals surface area (Å²) in [5, 5.41) is 9.87. The Balaban J connectivity index is 2.02. The summed E-state index contributed by atoms with van der Waals surface area (Å²) in [5.74, 6) is 5.75. The van der Waals surface area contributed by atoms with E-state index >= 15 is 0 Å². The van der Waals surface area contributed by atoms with Crippen LogP contribution in [-0.4, -0.2) is 26.5 Å². The minimum absolute atomic E-state index is 0.0104. The Kier molecular flexibility index (Phi) is 6.90. The topological polar surface area (TPSA) is 75.4 Å². The van der Waals surface area contributed by atoms with Gasteiger partial charge < -0.3 is 14.6 Å². The van der Waals surface area contributed by atoms with Crippen molar-refractivity contribution in [2.75, 3.05) is 4.90 Å². The van der Waals surface area contributed by atoms with Gasteiger partial charge in [0.25, 0.3) is 0 Å². The second-order valence-electron chi connectivity index (χ2n) is 9.51. The molecule has 0 bridgehead atoms. The lowest BCUT2D eigenvalue weighted by atomic mass is 9.82. The summed E-state index contributed by atoms with van der Waals surface area (Å²) in [7, 11) is 1.87. The Morgan fingerprint density at radius 1 is 1.29 bits per heavy atom. The first-order valence-electron chi connectivity index (χ1n) is 10.7. The molecule has 0 unspecified atom stereocenters. The largest absolute Gasteiger partial charge is 0.477 e. The molecule has 0 radical (unpaired) electrons. The van der Waals surface area contributed by atoms with Gasteiger partial charge in [0.2, 0.25) is 5.91 Å². The minimum Gasteiger partial charge on any atom is -0.477 e. The zero-order valence-electron chi connectivity index (χ0n) is 18.9. The molecule has 0 aromatic carbocycles. The Morgan fingerprint density at radius 2 is 1.97 bits per heavy atom. The zero-order chi connectivity index (χ0) is 22.8. The van der Waals surface area contributed by atoms with Gasteiger partial charge in [-0.1, -0.05) is 18.8 Å². The first-order valence-corrected chi connectivity index (χ1v) is 11.5. The minimum atomic E-state index is -1.04. The van der Waals surface area contributed by atoms with Crippen LogP contribution in [0.15, 0.2) is 18.6 Å². The van der Waals surface area contributed by atoms with E-state index in [9.17, 15) is 14.7 Å². The number of anilines is 1. The molecule has 166 valence electrons. The van der Waals surface area contributed by atoms with Crippen molar-refractivity contribution < 1.29 is 14.7 Å². The lowest BCUT2D eigenvalue weighted by Gasteiger charge is -2.31. The fourth-order valence-electron chi connectivity index (χ4n) is 3.75. The number of hydrogen-bond donors (Lipinski definition) is 1. The van der Waals surface area contributed by atoms with Crippen LogP contribution in [0.25, 0.3) is 0 Å². The number of hydrogen-bond acceptors (Lipinski definition) is 4. The molecule has 0 spiro atoms. The first kappa shape index (κ1) is 23.1. The number of amides is 1. The number of rotatable bonds is 5.